The number of halogens is 1. The summed E-state index contributed by atoms with van der Waals surface area (Å²) in [6, 6.07) is 8.22. The highest BCUT2D eigenvalue weighted by atomic mass is 35.5. The van der Waals surface area contributed by atoms with Crippen molar-refractivity contribution in [2.45, 2.75) is 40.0 Å². The van der Waals surface area contributed by atoms with Crippen LogP contribution < -0.4 is 5.32 Å². The van der Waals surface area contributed by atoms with Crippen LogP contribution in [0.4, 0.5) is 0 Å². The van der Waals surface area contributed by atoms with Gasteiger partial charge < -0.3 is 5.32 Å². The van der Waals surface area contributed by atoms with Gasteiger partial charge in [0.2, 0.25) is 0 Å². The van der Waals surface area contributed by atoms with Gasteiger partial charge in [-0.2, -0.15) is 0 Å². The first-order valence-corrected chi connectivity index (χ1v) is 7.50. The van der Waals surface area contributed by atoms with Crippen molar-refractivity contribution in [3.63, 3.8) is 0 Å². The molecule has 1 N–H and O–H groups in total. The van der Waals surface area contributed by atoms with E-state index in [9.17, 15) is 0 Å². The van der Waals surface area contributed by atoms with Crippen LogP contribution in [0, 0.1) is 11.8 Å². The van der Waals surface area contributed by atoms with E-state index in [1.165, 1.54) is 18.4 Å². The van der Waals surface area contributed by atoms with Crippen molar-refractivity contribution in [3.8, 4) is 0 Å². The molecule has 1 aromatic rings. The third-order valence-electron chi connectivity index (χ3n) is 3.65. The van der Waals surface area contributed by atoms with Crippen molar-refractivity contribution in [2.75, 3.05) is 13.1 Å². The number of hydrogen-bond acceptors (Lipinski definition) is 1. The molecule has 1 aromatic carbocycles. The largest absolute Gasteiger partial charge is 0.317 e. The second kappa shape index (κ2) is 8.55. The molecular weight excluding hydrogens is 242 g/mol. The Morgan fingerprint density at radius 2 is 1.94 bits per heavy atom. The first-order valence-electron chi connectivity index (χ1n) is 7.13. The van der Waals surface area contributed by atoms with Crippen LogP contribution in [0.2, 0.25) is 5.02 Å². The number of hydrogen-bond donors (Lipinski definition) is 1. The maximum Gasteiger partial charge on any atom is 0.0438 e. The van der Waals surface area contributed by atoms with Crippen molar-refractivity contribution < 1.29 is 0 Å². The fourth-order valence-corrected chi connectivity index (χ4v) is 2.65. The van der Waals surface area contributed by atoms with Crippen LogP contribution in [0.3, 0.4) is 0 Å². The third kappa shape index (κ3) is 4.99. The van der Waals surface area contributed by atoms with Crippen molar-refractivity contribution in [1.29, 1.82) is 0 Å². The molecule has 0 saturated carbocycles. The molecule has 2 unspecified atom stereocenters. The lowest BCUT2D eigenvalue weighted by molar-refractivity contribution is 0.320. The molecule has 0 aromatic heterocycles. The molecule has 0 heterocycles. The van der Waals surface area contributed by atoms with Gasteiger partial charge in [0.05, 0.1) is 0 Å². The fourth-order valence-electron chi connectivity index (χ4n) is 2.44. The molecule has 0 aliphatic carbocycles. The van der Waals surface area contributed by atoms with Crippen molar-refractivity contribution in [1.82, 2.24) is 5.32 Å². The number of rotatable bonds is 8. The summed E-state index contributed by atoms with van der Waals surface area (Å²) in [6.07, 6.45) is 3.63. The molecule has 0 amide bonds. The predicted octanol–water partition coefficient (Wildman–Crippen LogP) is 4.54. The molecule has 2 heteroatoms. The van der Waals surface area contributed by atoms with E-state index in [0.717, 1.165) is 30.5 Å². The molecule has 0 aliphatic heterocycles. The molecule has 1 nitrogen and oxygen atoms in total. The van der Waals surface area contributed by atoms with Crippen LogP contribution in [0.5, 0.6) is 0 Å². The Balaban J connectivity index is 2.68. The molecule has 18 heavy (non-hydrogen) atoms. The summed E-state index contributed by atoms with van der Waals surface area (Å²) >= 11 is 6.26. The summed E-state index contributed by atoms with van der Waals surface area (Å²) in [6.45, 7) is 8.91. The Morgan fingerprint density at radius 1 is 1.22 bits per heavy atom. The van der Waals surface area contributed by atoms with Crippen LogP contribution in [-0.4, -0.2) is 13.1 Å². The molecule has 0 bridgehead atoms. The van der Waals surface area contributed by atoms with E-state index in [0.29, 0.717) is 5.92 Å². The van der Waals surface area contributed by atoms with E-state index in [-0.39, 0.29) is 0 Å². The topological polar surface area (TPSA) is 12.0 Å². The smallest absolute Gasteiger partial charge is 0.0438 e. The Kier molecular flexibility index (Phi) is 7.38. The number of benzene rings is 1. The molecule has 0 fully saturated rings. The Morgan fingerprint density at radius 3 is 2.56 bits per heavy atom. The van der Waals surface area contributed by atoms with Crippen LogP contribution in [0.15, 0.2) is 24.3 Å². The van der Waals surface area contributed by atoms with Crippen molar-refractivity contribution >= 4 is 11.6 Å². The maximum absolute atomic E-state index is 6.26. The first kappa shape index (κ1) is 15.5. The SMILES string of the molecule is CCCC(C)C(CNCC)Cc1ccccc1Cl. The van der Waals surface area contributed by atoms with Gasteiger partial charge in [-0.25, -0.2) is 0 Å². The first-order chi connectivity index (χ1) is 8.69. The Labute approximate surface area is 117 Å². The number of nitrogens with one attached hydrogen (secondary N) is 1. The Hall–Kier alpha value is -0.530. The molecule has 0 radical (unpaired) electrons. The highest BCUT2D eigenvalue weighted by Crippen LogP contribution is 2.25. The summed E-state index contributed by atoms with van der Waals surface area (Å²) < 4.78 is 0. The van der Waals surface area contributed by atoms with Gasteiger partial charge in [-0.1, -0.05) is 63.4 Å². The molecule has 0 spiro atoms. The third-order valence-corrected chi connectivity index (χ3v) is 4.01. The van der Waals surface area contributed by atoms with Gasteiger partial charge >= 0.3 is 0 Å². The fraction of sp³-hybridized carbons (Fsp3) is 0.625. The maximum atomic E-state index is 6.26. The highest BCUT2D eigenvalue weighted by Gasteiger charge is 2.17. The summed E-state index contributed by atoms with van der Waals surface area (Å²) in [5.74, 6) is 1.41. The zero-order valence-corrected chi connectivity index (χ0v) is 12.6. The van der Waals surface area contributed by atoms with E-state index in [1.807, 2.05) is 12.1 Å². The second-order valence-electron chi connectivity index (χ2n) is 5.13. The lowest BCUT2D eigenvalue weighted by Gasteiger charge is -2.24. The predicted molar refractivity (Wildman–Crippen MR) is 81.3 cm³/mol. The summed E-state index contributed by atoms with van der Waals surface area (Å²) in [5.41, 5.74) is 1.28. The van der Waals surface area contributed by atoms with Gasteiger partial charge in [-0.05, 0) is 43.0 Å². The van der Waals surface area contributed by atoms with E-state index < -0.39 is 0 Å². The monoisotopic (exact) mass is 267 g/mol. The molecular formula is C16H26ClN. The van der Waals surface area contributed by atoms with E-state index in [4.69, 9.17) is 11.6 Å². The summed E-state index contributed by atoms with van der Waals surface area (Å²) in [4.78, 5) is 0. The highest BCUT2D eigenvalue weighted by molar-refractivity contribution is 6.31. The zero-order chi connectivity index (χ0) is 13.4. The summed E-state index contributed by atoms with van der Waals surface area (Å²) in [5, 5.41) is 4.39. The molecule has 0 aliphatic rings. The minimum Gasteiger partial charge on any atom is -0.317 e. The van der Waals surface area contributed by atoms with Gasteiger partial charge in [0, 0.05) is 5.02 Å². The van der Waals surface area contributed by atoms with Gasteiger partial charge in [0.25, 0.3) is 0 Å². The normalized spacial score (nSPS) is 14.4. The van der Waals surface area contributed by atoms with E-state index >= 15 is 0 Å². The molecule has 1 rings (SSSR count). The van der Waals surface area contributed by atoms with Crippen LogP contribution >= 0.6 is 11.6 Å². The van der Waals surface area contributed by atoms with E-state index in [1.54, 1.807) is 0 Å². The standard InChI is InChI=1S/C16H26ClN/c1-4-8-13(3)15(12-18-5-2)11-14-9-6-7-10-16(14)17/h6-7,9-10,13,15,18H,4-5,8,11-12H2,1-3H3. The lowest BCUT2D eigenvalue weighted by Crippen LogP contribution is -2.28. The lowest BCUT2D eigenvalue weighted by atomic mass is 9.85. The van der Waals surface area contributed by atoms with Crippen LogP contribution in [-0.2, 0) is 6.42 Å². The molecule has 2 atom stereocenters. The van der Waals surface area contributed by atoms with Crippen LogP contribution in [0.25, 0.3) is 0 Å². The minimum atomic E-state index is 0.671. The second-order valence-corrected chi connectivity index (χ2v) is 5.54. The average molecular weight is 268 g/mol. The van der Waals surface area contributed by atoms with Crippen LogP contribution in [0.1, 0.15) is 39.2 Å². The van der Waals surface area contributed by atoms with Gasteiger partial charge in [-0.15, -0.1) is 0 Å². The quantitative estimate of drug-likeness (QED) is 0.729. The zero-order valence-electron chi connectivity index (χ0n) is 11.9. The Bertz CT molecular complexity index is 338. The van der Waals surface area contributed by atoms with Gasteiger partial charge in [0.1, 0.15) is 0 Å². The van der Waals surface area contributed by atoms with Crippen molar-refractivity contribution in [2.24, 2.45) is 11.8 Å². The summed E-state index contributed by atoms with van der Waals surface area (Å²) in [7, 11) is 0. The van der Waals surface area contributed by atoms with Crippen molar-refractivity contribution in [3.05, 3.63) is 34.9 Å². The van der Waals surface area contributed by atoms with Gasteiger partial charge in [0.15, 0.2) is 0 Å². The van der Waals surface area contributed by atoms with E-state index in [2.05, 4.69) is 38.2 Å². The average Bonchev–Trinajstić information content (AvgIpc) is 2.36. The van der Waals surface area contributed by atoms with Gasteiger partial charge in [-0.3, -0.25) is 0 Å². The molecule has 0 saturated heterocycles. The molecule has 102 valence electrons. The minimum absolute atomic E-state index is 0.671.